The van der Waals surface area contributed by atoms with Gasteiger partial charge in [-0.2, -0.15) is 0 Å². The lowest BCUT2D eigenvalue weighted by Crippen LogP contribution is -2.30. The Morgan fingerprint density at radius 1 is 1.32 bits per heavy atom. The highest BCUT2D eigenvalue weighted by atomic mass is 79.9. The molecule has 1 heterocycles. The molecule has 1 saturated heterocycles. The van der Waals surface area contributed by atoms with E-state index < -0.39 is 11.8 Å². The zero-order chi connectivity index (χ0) is 24.8. The normalized spacial score (nSPS) is 14.6. The SMILES string of the molecule is CCOc1cc(/C=C2/SC(=S)N(CCC(=O)OC)C2=O)cc(Br)c1OCc1c(F)cccc1Cl. The van der Waals surface area contributed by atoms with Gasteiger partial charge in [0.15, 0.2) is 11.5 Å². The van der Waals surface area contributed by atoms with Crippen LogP contribution in [0.3, 0.4) is 0 Å². The molecule has 0 bridgehead atoms. The number of hydrogen-bond acceptors (Lipinski definition) is 7. The van der Waals surface area contributed by atoms with Crippen LogP contribution >= 0.6 is 51.5 Å². The van der Waals surface area contributed by atoms with E-state index in [-0.39, 0.29) is 36.1 Å². The second-order valence-electron chi connectivity index (χ2n) is 6.91. The Bertz CT molecular complexity index is 1140. The van der Waals surface area contributed by atoms with Crippen molar-refractivity contribution in [1.29, 1.82) is 0 Å². The summed E-state index contributed by atoms with van der Waals surface area (Å²) < 4.78 is 31.2. The van der Waals surface area contributed by atoms with Crippen molar-refractivity contribution in [2.75, 3.05) is 20.3 Å². The molecule has 0 N–H and O–H groups in total. The van der Waals surface area contributed by atoms with Crippen molar-refractivity contribution in [2.45, 2.75) is 20.0 Å². The first-order chi connectivity index (χ1) is 16.2. The topological polar surface area (TPSA) is 65.1 Å². The van der Waals surface area contributed by atoms with Crippen LogP contribution in [0.1, 0.15) is 24.5 Å². The summed E-state index contributed by atoms with van der Waals surface area (Å²) >= 11 is 16.0. The lowest BCUT2D eigenvalue weighted by atomic mass is 10.1. The van der Waals surface area contributed by atoms with Gasteiger partial charge in [-0.1, -0.05) is 41.6 Å². The van der Waals surface area contributed by atoms with E-state index in [1.165, 1.54) is 24.1 Å². The number of esters is 1. The maximum absolute atomic E-state index is 14.1. The number of carbonyl (C=O) groups excluding carboxylic acids is 2. The molecule has 0 radical (unpaired) electrons. The van der Waals surface area contributed by atoms with Crippen LogP contribution in [0.15, 0.2) is 39.7 Å². The fourth-order valence-corrected chi connectivity index (χ4v) is 5.14. The maximum atomic E-state index is 14.1. The van der Waals surface area contributed by atoms with Crippen LogP contribution in [0.2, 0.25) is 5.02 Å². The van der Waals surface area contributed by atoms with Crippen LogP contribution in [0, 0.1) is 5.82 Å². The highest BCUT2D eigenvalue weighted by Crippen LogP contribution is 2.40. The summed E-state index contributed by atoms with van der Waals surface area (Å²) in [5.74, 6) is -0.383. The average Bonchev–Trinajstić information content (AvgIpc) is 3.05. The summed E-state index contributed by atoms with van der Waals surface area (Å²) in [5.41, 5.74) is 0.901. The molecule has 0 spiro atoms. The van der Waals surface area contributed by atoms with Gasteiger partial charge < -0.3 is 14.2 Å². The second-order valence-corrected chi connectivity index (χ2v) is 9.85. The largest absolute Gasteiger partial charge is 0.490 e. The van der Waals surface area contributed by atoms with Gasteiger partial charge in [0.25, 0.3) is 5.91 Å². The number of rotatable bonds is 9. The number of thioether (sulfide) groups is 1. The third-order valence-corrected chi connectivity index (χ3v) is 7.01. The smallest absolute Gasteiger partial charge is 0.307 e. The summed E-state index contributed by atoms with van der Waals surface area (Å²) in [6.45, 7) is 2.24. The zero-order valence-electron chi connectivity index (χ0n) is 18.2. The van der Waals surface area contributed by atoms with Gasteiger partial charge in [-0.05, 0) is 58.8 Å². The van der Waals surface area contributed by atoms with E-state index in [4.69, 9.17) is 33.3 Å². The van der Waals surface area contributed by atoms with Crippen molar-refractivity contribution >= 4 is 73.8 Å². The van der Waals surface area contributed by atoms with Crippen LogP contribution in [-0.2, 0) is 20.9 Å². The first-order valence-corrected chi connectivity index (χ1v) is 12.5. The van der Waals surface area contributed by atoms with E-state index in [0.29, 0.717) is 37.4 Å². The standard InChI is InChI=1S/C23H20BrClFNO5S2/c1-3-31-18-10-13(11-19-22(29)27(23(33)34-19)8-7-20(28)30-2)9-15(24)21(18)32-12-14-16(25)5-4-6-17(14)26/h4-6,9-11H,3,7-8,12H2,1-2H3/b19-11+. The summed E-state index contributed by atoms with van der Waals surface area (Å²) in [6.07, 6.45) is 1.73. The van der Waals surface area contributed by atoms with Crippen LogP contribution in [0.5, 0.6) is 11.5 Å². The first kappa shape index (κ1) is 26.5. The van der Waals surface area contributed by atoms with Gasteiger partial charge in [0, 0.05) is 12.1 Å². The molecule has 0 atom stereocenters. The summed E-state index contributed by atoms with van der Waals surface area (Å²) in [6, 6.07) is 7.89. The minimum absolute atomic E-state index is 0.0499. The predicted molar refractivity (Wildman–Crippen MR) is 138 cm³/mol. The van der Waals surface area contributed by atoms with Crippen LogP contribution in [-0.4, -0.2) is 41.4 Å². The van der Waals surface area contributed by atoms with Crippen LogP contribution in [0.25, 0.3) is 6.08 Å². The number of hydrogen-bond donors (Lipinski definition) is 0. The van der Waals surface area contributed by atoms with Gasteiger partial charge in [-0.3, -0.25) is 14.5 Å². The molecule has 11 heteroatoms. The molecular formula is C23H20BrClFNO5S2. The second kappa shape index (κ2) is 12.0. The highest BCUT2D eigenvalue weighted by Gasteiger charge is 2.32. The molecule has 6 nitrogen and oxygen atoms in total. The van der Waals surface area contributed by atoms with Gasteiger partial charge in [0.05, 0.1) is 34.5 Å². The van der Waals surface area contributed by atoms with Crippen molar-refractivity contribution < 1.29 is 28.2 Å². The molecule has 1 fully saturated rings. The zero-order valence-corrected chi connectivity index (χ0v) is 22.2. The molecule has 0 unspecified atom stereocenters. The van der Waals surface area contributed by atoms with Crippen molar-refractivity contribution in [3.05, 3.63) is 61.7 Å². The minimum Gasteiger partial charge on any atom is -0.490 e. The molecule has 34 heavy (non-hydrogen) atoms. The number of halogens is 3. The van der Waals surface area contributed by atoms with E-state index in [1.54, 1.807) is 24.3 Å². The van der Waals surface area contributed by atoms with Crippen molar-refractivity contribution in [3.8, 4) is 11.5 Å². The third-order valence-electron chi connectivity index (χ3n) is 4.69. The fraction of sp³-hybridized carbons (Fsp3) is 0.261. The fourth-order valence-electron chi connectivity index (χ4n) is 3.04. The van der Waals surface area contributed by atoms with Gasteiger partial charge in [0.1, 0.15) is 16.7 Å². The molecular weight excluding hydrogens is 569 g/mol. The molecule has 1 amide bonds. The number of amides is 1. The molecule has 1 aliphatic heterocycles. The Labute approximate surface area is 219 Å². The summed E-state index contributed by atoms with van der Waals surface area (Å²) in [7, 11) is 1.29. The van der Waals surface area contributed by atoms with E-state index in [9.17, 15) is 14.0 Å². The number of methoxy groups -OCH3 is 1. The molecule has 2 aromatic rings. The lowest BCUT2D eigenvalue weighted by Gasteiger charge is -2.16. The molecule has 3 rings (SSSR count). The average molecular weight is 589 g/mol. The van der Waals surface area contributed by atoms with Gasteiger partial charge in [-0.25, -0.2) is 4.39 Å². The first-order valence-electron chi connectivity index (χ1n) is 10.1. The van der Waals surface area contributed by atoms with E-state index in [0.717, 1.165) is 11.8 Å². The summed E-state index contributed by atoms with van der Waals surface area (Å²) in [4.78, 5) is 26.0. The van der Waals surface area contributed by atoms with Crippen molar-refractivity contribution in [1.82, 2.24) is 4.90 Å². The summed E-state index contributed by atoms with van der Waals surface area (Å²) in [5, 5.41) is 0.264. The molecule has 2 aromatic carbocycles. The van der Waals surface area contributed by atoms with E-state index >= 15 is 0 Å². The number of carbonyl (C=O) groups is 2. The van der Waals surface area contributed by atoms with Crippen LogP contribution in [0.4, 0.5) is 4.39 Å². The Morgan fingerprint density at radius 3 is 2.76 bits per heavy atom. The monoisotopic (exact) mass is 587 g/mol. The van der Waals surface area contributed by atoms with Crippen molar-refractivity contribution in [2.24, 2.45) is 0 Å². The van der Waals surface area contributed by atoms with Crippen molar-refractivity contribution in [3.63, 3.8) is 0 Å². The molecule has 1 aliphatic rings. The Hall–Kier alpha value is -2.14. The number of thiocarbonyl (C=S) groups is 1. The van der Waals surface area contributed by atoms with Gasteiger partial charge in [-0.15, -0.1) is 0 Å². The predicted octanol–water partition coefficient (Wildman–Crippen LogP) is 5.98. The number of ether oxygens (including phenoxy) is 3. The number of benzene rings is 2. The third kappa shape index (κ3) is 6.29. The maximum Gasteiger partial charge on any atom is 0.307 e. The van der Waals surface area contributed by atoms with Crippen LogP contribution < -0.4 is 9.47 Å². The number of nitrogens with zero attached hydrogens (tertiary/aromatic N) is 1. The minimum atomic E-state index is -0.465. The molecule has 0 aliphatic carbocycles. The Balaban J connectivity index is 1.83. The van der Waals surface area contributed by atoms with Gasteiger partial charge in [0.2, 0.25) is 0 Å². The highest BCUT2D eigenvalue weighted by molar-refractivity contribution is 9.10. The van der Waals surface area contributed by atoms with E-state index in [2.05, 4.69) is 20.7 Å². The molecule has 0 saturated carbocycles. The lowest BCUT2D eigenvalue weighted by molar-refractivity contribution is -0.140. The molecule has 180 valence electrons. The Morgan fingerprint density at radius 2 is 2.09 bits per heavy atom. The Kier molecular flexibility index (Phi) is 9.35. The quantitative estimate of drug-likeness (QED) is 0.203. The molecule has 0 aromatic heterocycles. The van der Waals surface area contributed by atoms with E-state index in [1.807, 2.05) is 6.92 Å². The van der Waals surface area contributed by atoms with Gasteiger partial charge >= 0.3 is 5.97 Å².